The van der Waals surface area contributed by atoms with E-state index in [4.69, 9.17) is 10.5 Å². The van der Waals surface area contributed by atoms with Gasteiger partial charge in [0.25, 0.3) is 0 Å². The van der Waals surface area contributed by atoms with Crippen LogP contribution in [0.5, 0.6) is 0 Å². The first-order valence-corrected chi connectivity index (χ1v) is 6.54. The van der Waals surface area contributed by atoms with Crippen LogP contribution in [0.2, 0.25) is 0 Å². The van der Waals surface area contributed by atoms with Gasteiger partial charge >= 0.3 is 5.97 Å². The number of carbonyl (C=O) groups is 2. The van der Waals surface area contributed by atoms with Crippen LogP contribution in [0.4, 0.5) is 5.69 Å². The van der Waals surface area contributed by atoms with Crippen molar-refractivity contribution in [3.63, 3.8) is 0 Å². The number of hydrogen-bond acceptors (Lipinski definition) is 4. The van der Waals surface area contributed by atoms with E-state index in [1.165, 1.54) is 4.90 Å². The van der Waals surface area contributed by atoms with Crippen molar-refractivity contribution in [1.29, 1.82) is 0 Å². The second-order valence-corrected chi connectivity index (χ2v) is 5.64. The Morgan fingerprint density at radius 1 is 1.25 bits per heavy atom. The molecular formula is C15H22N2O3. The fourth-order valence-corrected chi connectivity index (χ4v) is 1.65. The molecule has 1 rings (SSSR count). The molecule has 0 heterocycles. The van der Waals surface area contributed by atoms with E-state index in [0.717, 1.165) is 0 Å². The lowest BCUT2D eigenvalue weighted by Gasteiger charge is -2.26. The molecule has 1 atom stereocenters. The molecule has 0 fully saturated rings. The van der Waals surface area contributed by atoms with E-state index in [-0.39, 0.29) is 12.5 Å². The zero-order valence-corrected chi connectivity index (χ0v) is 12.4. The minimum Gasteiger partial charge on any atom is -0.459 e. The van der Waals surface area contributed by atoms with Crippen LogP contribution in [0, 0.1) is 0 Å². The number of esters is 1. The molecule has 5 heteroatoms. The molecule has 110 valence electrons. The van der Waals surface area contributed by atoms with Crippen LogP contribution in [0.3, 0.4) is 0 Å². The molecule has 0 unspecified atom stereocenters. The lowest BCUT2D eigenvalue weighted by atomic mass is 10.2. The molecule has 0 radical (unpaired) electrons. The molecule has 1 amide bonds. The van der Waals surface area contributed by atoms with Gasteiger partial charge in [0, 0.05) is 5.69 Å². The molecule has 0 saturated carbocycles. The highest BCUT2D eigenvalue weighted by atomic mass is 16.6. The van der Waals surface area contributed by atoms with Crippen LogP contribution in [-0.2, 0) is 14.3 Å². The van der Waals surface area contributed by atoms with Gasteiger partial charge in [-0.05, 0) is 39.8 Å². The third kappa shape index (κ3) is 5.01. The topological polar surface area (TPSA) is 72.6 Å². The normalized spacial score (nSPS) is 12.7. The highest BCUT2D eigenvalue weighted by molar-refractivity contribution is 6.00. The van der Waals surface area contributed by atoms with Crippen molar-refractivity contribution >= 4 is 17.6 Å². The second kappa shape index (κ2) is 6.52. The number of rotatable bonds is 4. The Hall–Kier alpha value is -1.88. The lowest BCUT2D eigenvalue weighted by molar-refractivity contribution is -0.153. The maximum Gasteiger partial charge on any atom is 0.326 e. The zero-order valence-electron chi connectivity index (χ0n) is 12.4. The molecule has 0 spiro atoms. The Labute approximate surface area is 119 Å². The first-order valence-electron chi connectivity index (χ1n) is 6.54. The summed E-state index contributed by atoms with van der Waals surface area (Å²) < 4.78 is 5.25. The standard InChI is InChI=1S/C15H22N2O3/c1-11(16)14(19)17(12-8-6-5-7-9-12)10-13(18)20-15(2,3)4/h5-9,11H,10,16H2,1-4H3/t11-/m0/s1. The molecular weight excluding hydrogens is 256 g/mol. The number of anilines is 1. The van der Waals surface area contributed by atoms with E-state index in [9.17, 15) is 9.59 Å². The maximum atomic E-state index is 12.1. The van der Waals surface area contributed by atoms with Crippen molar-refractivity contribution in [3.8, 4) is 0 Å². The third-order valence-electron chi connectivity index (χ3n) is 2.43. The molecule has 0 bridgehead atoms. The molecule has 20 heavy (non-hydrogen) atoms. The molecule has 0 aliphatic rings. The van der Waals surface area contributed by atoms with Crippen LogP contribution < -0.4 is 10.6 Å². The van der Waals surface area contributed by atoms with Gasteiger partial charge in [-0.2, -0.15) is 0 Å². The summed E-state index contributed by atoms with van der Waals surface area (Å²) in [6.07, 6.45) is 0. The maximum absolute atomic E-state index is 12.1. The van der Waals surface area contributed by atoms with Gasteiger partial charge in [0.15, 0.2) is 0 Å². The summed E-state index contributed by atoms with van der Waals surface area (Å²) in [5.41, 5.74) is 5.67. The van der Waals surface area contributed by atoms with Gasteiger partial charge in [-0.15, -0.1) is 0 Å². The highest BCUT2D eigenvalue weighted by Crippen LogP contribution is 2.15. The lowest BCUT2D eigenvalue weighted by Crippen LogP contribution is -2.45. The summed E-state index contributed by atoms with van der Waals surface area (Å²) in [7, 11) is 0. The monoisotopic (exact) mass is 278 g/mol. The smallest absolute Gasteiger partial charge is 0.326 e. The van der Waals surface area contributed by atoms with Crippen molar-refractivity contribution in [2.45, 2.75) is 39.3 Å². The average Bonchev–Trinajstić information content (AvgIpc) is 2.34. The summed E-state index contributed by atoms with van der Waals surface area (Å²) in [5.74, 6) is -0.780. The minimum atomic E-state index is -0.683. The largest absolute Gasteiger partial charge is 0.459 e. The molecule has 0 aliphatic heterocycles. The van der Waals surface area contributed by atoms with Gasteiger partial charge in [0.1, 0.15) is 12.1 Å². The van der Waals surface area contributed by atoms with Gasteiger partial charge < -0.3 is 10.5 Å². The Bertz CT molecular complexity index is 464. The third-order valence-corrected chi connectivity index (χ3v) is 2.43. The van der Waals surface area contributed by atoms with E-state index >= 15 is 0 Å². The van der Waals surface area contributed by atoms with Crippen molar-refractivity contribution < 1.29 is 14.3 Å². The number of ether oxygens (including phenoxy) is 1. The molecule has 5 nitrogen and oxygen atoms in total. The molecule has 0 aliphatic carbocycles. The second-order valence-electron chi connectivity index (χ2n) is 5.64. The van der Waals surface area contributed by atoms with Gasteiger partial charge in [0.2, 0.25) is 5.91 Å². The number of nitrogens with zero attached hydrogens (tertiary/aromatic N) is 1. The Morgan fingerprint density at radius 2 is 1.80 bits per heavy atom. The Kier molecular flexibility index (Phi) is 5.27. The number of para-hydroxylation sites is 1. The number of nitrogens with two attached hydrogens (primary N) is 1. The van der Waals surface area contributed by atoms with Crippen LogP contribution in [0.15, 0.2) is 30.3 Å². The summed E-state index contributed by atoms with van der Waals surface area (Å²) in [6, 6.07) is 8.26. The quantitative estimate of drug-likeness (QED) is 0.851. The predicted molar refractivity (Wildman–Crippen MR) is 78.3 cm³/mol. The van der Waals surface area contributed by atoms with Crippen molar-refractivity contribution in [2.24, 2.45) is 5.73 Å². The van der Waals surface area contributed by atoms with Crippen molar-refractivity contribution in [2.75, 3.05) is 11.4 Å². The SMILES string of the molecule is C[C@H](N)C(=O)N(CC(=O)OC(C)(C)C)c1ccccc1. The van der Waals surface area contributed by atoms with Gasteiger partial charge in [0.05, 0.1) is 6.04 Å². The minimum absolute atomic E-state index is 0.151. The molecule has 1 aromatic rings. The number of hydrogen-bond donors (Lipinski definition) is 1. The summed E-state index contributed by atoms with van der Waals surface area (Å²) >= 11 is 0. The first kappa shape index (κ1) is 16.2. The van der Waals surface area contributed by atoms with E-state index < -0.39 is 17.6 Å². The molecule has 0 saturated heterocycles. The summed E-state index contributed by atoms with van der Waals surface area (Å²) in [5, 5.41) is 0. The Morgan fingerprint density at radius 3 is 2.25 bits per heavy atom. The number of carbonyl (C=O) groups excluding carboxylic acids is 2. The van der Waals surface area contributed by atoms with E-state index in [1.54, 1.807) is 52.0 Å². The first-order chi connectivity index (χ1) is 9.20. The van der Waals surface area contributed by atoms with Gasteiger partial charge in [-0.1, -0.05) is 18.2 Å². The fraction of sp³-hybridized carbons (Fsp3) is 0.467. The van der Waals surface area contributed by atoms with E-state index in [2.05, 4.69) is 0 Å². The summed E-state index contributed by atoms with van der Waals surface area (Å²) in [6.45, 7) is 6.79. The zero-order chi connectivity index (χ0) is 15.3. The van der Waals surface area contributed by atoms with Gasteiger partial charge in [-0.3, -0.25) is 14.5 Å². The van der Waals surface area contributed by atoms with E-state index in [1.807, 2.05) is 6.07 Å². The van der Waals surface area contributed by atoms with Crippen LogP contribution in [0.1, 0.15) is 27.7 Å². The van der Waals surface area contributed by atoms with Crippen molar-refractivity contribution in [1.82, 2.24) is 0 Å². The van der Waals surface area contributed by atoms with Gasteiger partial charge in [-0.25, -0.2) is 0 Å². The number of benzene rings is 1. The number of amides is 1. The molecule has 0 aromatic heterocycles. The van der Waals surface area contributed by atoms with Crippen LogP contribution in [-0.4, -0.2) is 30.1 Å². The highest BCUT2D eigenvalue weighted by Gasteiger charge is 2.24. The Balaban J connectivity index is 2.90. The average molecular weight is 278 g/mol. The summed E-state index contributed by atoms with van der Waals surface area (Å²) in [4.78, 5) is 25.4. The van der Waals surface area contributed by atoms with E-state index in [0.29, 0.717) is 5.69 Å². The molecule has 1 aromatic carbocycles. The fourth-order valence-electron chi connectivity index (χ4n) is 1.65. The predicted octanol–water partition coefficient (Wildman–Crippen LogP) is 1.71. The van der Waals surface area contributed by atoms with Crippen molar-refractivity contribution in [3.05, 3.63) is 30.3 Å². The van der Waals surface area contributed by atoms with Crippen LogP contribution in [0.25, 0.3) is 0 Å². The van der Waals surface area contributed by atoms with Crippen LogP contribution >= 0.6 is 0 Å². The molecule has 2 N–H and O–H groups in total.